The molecule has 0 radical (unpaired) electrons. The van der Waals surface area contributed by atoms with Gasteiger partial charge < -0.3 is 10.4 Å². The number of hydrogen-bond donors (Lipinski definition) is 2. The van der Waals surface area contributed by atoms with Crippen LogP contribution < -0.4 is 5.32 Å². The molecular weight excluding hydrogens is 274 g/mol. The minimum absolute atomic E-state index is 0.213. The summed E-state index contributed by atoms with van der Waals surface area (Å²) in [6.07, 6.45) is 2.11. The highest BCUT2D eigenvalue weighted by molar-refractivity contribution is 6.30. The van der Waals surface area contributed by atoms with E-state index in [0.29, 0.717) is 19.4 Å². The smallest absolute Gasteiger partial charge is 0.310 e. The van der Waals surface area contributed by atoms with Crippen molar-refractivity contribution in [3.8, 4) is 0 Å². The molecule has 1 unspecified atom stereocenters. The number of hydrogen-bond acceptors (Lipinski definition) is 2. The molecule has 1 rings (SSSR count). The molecule has 3 nitrogen and oxygen atoms in total. The van der Waals surface area contributed by atoms with Gasteiger partial charge in [-0.15, -0.1) is 0 Å². The van der Waals surface area contributed by atoms with Gasteiger partial charge in [0.2, 0.25) is 0 Å². The second-order valence-corrected chi connectivity index (χ2v) is 5.85. The van der Waals surface area contributed by atoms with Gasteiger partial charge in [-0.1, -0.05) is 37.6 Å². The fourth-order valence-corrected chi connectivity index (χ4v) is 2.55. The van der Waals surface area contributed by atoms with E-state index in [0.717, 1.165) is 17.0 Å². The standard InChI is InChI=1S/C16H24ClNO2/c1-4-16(5-2,15(19)20)11-18-12(3)9-13-7-6-8-14(17)10-13/h6-8,10,12,18H,4-5,9,11H2,1-3H3,(H,19,20). The predicted molar refractivity (Wildman–Crippen MR) is 83.3 cm³/mol. The van der Waals surface area contributed by atoms with Gasteiger partial charge in [0, 0.05) is 17.6 Å². The fourth-order valence-electron chi connectivity index (χ4n) is 2.34. The molecule has 4 heteroatoms. The van der Waals surface area contributed by atoms with Crippen LogP contribution in [0.5, 0.6) is 0 Å². The summed E-state index contributed by atoms with van der Waals surface area (Å²) < 4.78 is 0. The number of carboxylic acid groups (broad SMARTS) is 1. The van der Waals surface area contributed by atoms with Crippen LogP contribution in [0.2, 0.25) is 5.02 Å². The number of halogens is 1. The third-order valence-electron chi connectivity index (χ3n) is 4.03. The SMILES string of the molecule is CCC(CC)(CNC(C)Cc1cccc(Cl)c1)C(=O)O. The summed E-state index contributed by atoms with van der Waals surface area (Å²) in [5.74, 6) is -0.718. The van der Waals surface area contributed by atoms with Crippen LogP contribution >= 0.6 is 11.6 Å². The summed E-state index contributed by atoms with van der Waals surface area (Å²) in [5.41, 5.74) is 0.495. The highest BCUT2D eigenvalue weighted by atomic mass is 35.5. The van der Waals surface area contributed by atoms with E-state index in [4.69, 9.17) is 11.6 Å². The molecule has 20 heavy (non-hydrogen) atoms. The number of carbonyl (C=O) groups is 1. The topological polar surface area (TPSA) is 49.3 Å². The minimum atomic E-state index is -0.718. The van der Waals surface area contributed by atoms with Gasteiger partial charge in [0.15, 0.2) is 0 Å². The second kappa shape index (κ2) is 7.65. The van der Waals surface area contributed by atoms with E-state index in [-0.39, 0.29) is 6.04 Å². The lowest BCUT2D eigenvalue weighted by molar-refractivity contribution is -0.149. The van der Waals surface area contributed by atoms with Crippen molar-refractivity contribution < 1.29 is 9.90 Å². The zero-order valence-corrected chi connectivity index (χ0v) is 13.2. The van der Waals surface area contributed by atoms with E-state index < -0.39 is 11.4 Å². The van der Waals surface area contributed by atoms with Crippen molar-refractivity contribution >= 4 is 17.6 Å². The first-order valence-electron chi connectivity index (χ1n) is 7.14. The van der Waals surface area contributed by atoms with Crippen molar-refractivity contribution in [3.63, 3.8) is 0 Å². The summed E-state index contributed by atoms with van der Waals surface area (Å²) in [6, 6.07) is 7.99. The van der Waals surface area contributed by atoms with Crippen LogP contribution in [0.3, 0.4) is 0 Å². The predicted octanol–water partition coefficient (Wildman–Crippen LogP) is 3.75. The molecule has 0 aliphatic rings. The maximum absolute atomic E-state index is 11.4. The monoisotopic (exact) mass is 297 g/mol. The molecule has 1 aromatic rings. The van der Waals surface area contributed by atoms with E-state index in [2.05, 4.69) is 12.2 Å². The fraction of sp³-hybridized carbons (Fsp3) is 0.562. The van der Waals surface area contributed by atoms with Gasteiger partial charge in [-0.05, 0) is 43.9 Å². The van der Waals surface area contributed by atoms with E-state index in [1.165, 1.54) is 0 Å². The Kier molecular flexibility index (Phi) is 6.50. The number of nitrogens with one attached hydrogen (secondary N) is 1. The van der Waals surface area contributed by atoms with E-state index in [1.54, 1.807) is 0 Å². The molecule has 0 fully saturated rings. The first kappa shape index (κ1) is 17.0. The Balaban J connectivity index is 2.58. The molecule has 0 saturated carbocycles. The van der Waals surface area contributed by atoms with Gasteiger partial charge in [0.05, 0.1) is 5.41 Å². The number of benzene rings is 1. The van der Waals surface area contributed by atoms with Crippen LogP contribution in [0.15, 0.2) is 24.3 Å². The van der Waals surface area contributed by atoms with Crippen molar-refractivity contribution in [1.29, 1.82) is 0 Å². The quantitative estimate of drug-likeness (QED) is 0.768. The van der Waals surface area contributed by atoms with E-state index >= 15 is 0 Å². The highest BCUT2D eigenvalue weighted by Gasteiger charge is 2.34. The molecule has 0 heterocycles. The van der Waals surface area contributed by atoms with Crippen LogP contribution in [0.25, 0.3) is 0 Å². The average Bonchev–Trinajstić information content (AvgIpc) is 2.40. The van der Waals surface area contributed by atoms with Gasteiger partial charge in [0.1, 0.15) is 0 Å². The summed E-state index contributed by atoms with van der Waals surface area (Å²) in [7, 11) is 0. The number of aliphatic carboxylic acids is 1. The molecule has 0 spiro atoms. The molecule has 0 aliphatic carbocycles. The summed E-state index contributed by atoms with van der Waals surface area (Å²) in [6.45, 7) is 6.43. The largest absolute Gasteiger partial charge is 0.481 e. The first-order chi connectivity index (χ1) is 9.43. The molecule has 0 aliphatic heterocycles. The molecule has 1 atom stereocenters. The Morgan fingerprint density at radius 1 is 1.40 bits per heavy atom. The van der Waals surface area contributed by atoms with E-state index in [9.17, 15) is 9.90 Å². The lowest BCUT2D eigenvalue weighted by Gasteiger charge is -2.29. The Labute approximate surface area is 126 Å². The molecular formula is C16H24ClNO2. The molecule has 2 N–H and O–H groups in total. The molecule has 0 saturated heterocycles. The Hall–Kier alpha value is -1.06. The summed E-state index contributed by atoms with van der Waals surface area (Å²) in [4.78, 5) is 11.4. The number of carboxylic acids is 1. The normalized spacial score (nSPS) is 13.2. The Morgan fingerprint density at radius 2 is 2.05 bits per heavy atom. The molecule has 0 bridgehead atoms. The lowest BCUT2D eigenvalue weighted by Crippen LogP contribution is -2.43. The maximum Gasteiger partial charge on any atom is 0.310 e. The number of rotatable bonds is 8. The third kappa shape index (κ3) is 4.50. The van der Waals surface area contributed by atoms with Crippen molar-refractivity contribution in [3.05, 3.63) is 34.9 Å². The first-order valence-corrected chi connectivity index (χ1v) is 7.52. The Bertz CT molecular complexity index is 444. The van der Waals surface area contributed by atoms with Gasteiger partial charge in [-0.3, -0.25) is 4.79 Å². The zero-order chi connectivity index (χ0) is 15.2. The van der Waals surface area contributed by atoms with Crippen LogP contribution in [0.4, 0.5) is 0 Å². The van der Waals surface area contributed by atoms with Crippen molar-refractivity contribution in [2.75, 3.05) is 6.54 Å². The summed E-state index contributed by atoms with van der Waals surface area (Å²) in [5, 5.41) is 13.5. The zero-order valence-electron chi connectivity index (χ0n) is 12.4. The maximum atomic E-state index is 11.4. The van der Waals surface area contributed by atoms with Crippen LogP contribution in [-0.2, 0) is 11.2 Å². The minimum Gasteiger partial charge on any atom is -0.481 e. The van der Waals surface area contributed by atoms with Crippen molar-refractivity contribution in [1.82, 2.24) is 5.32 Å². The van der Waals surface area contributed by atoms with Gasteiger partial charge in [-0.2, -0.15) is 0 Å². The van der Waals surface area contributed by atoms with Gasteiger partial charge >= 0.3 is 5.97 Å². The summed E-state index contributed by atoms with van der Waals surface area (Å²) >= 11 is 5.97. The molecule has 1 aromatic carbocycles. The lowest BCUT2D eigenvalue weighted by atomic mass is 9.82. The molecule has 112 valence electrons. The Morgan fingerprint density at radius 3 is 2.55 bits per heavy atom. The average molecular weight is 298 g/mol. The highest BCUT2D eigenvalue weighted by Crippen LogP contribution is 2.26. The van der Waals surface area contributed by atoms with E-state index in [1.807, 2.05) is 38.1 Å². The van der Waals surface area contributed by atoms with Crippen LogP contribution in [-0.4, -0.2) is 23.7 Å². The van der Waals surface area contributed by atoms with Crippen molar-refractivity contribution in [2.45, 2.75) is 46.1 Å². The second-order valence-electron chi connectivity index (χ2n) is 5.41. The van der Waals surface area contributed by atoms with Crippen LogP contribution in [0, 0.1) is 5.41 Å². The third-order valence-corrected chi connectivity index (χ3v) is 4.26. The van der Waals surface area contributed by atoms with Crippen molar-refractivity contribution in [2.24, 2.45) is 5.41 Å². The van der Waals surface area contributed by atoms with Crippen LogP contribution in [0.1, 0.15) is 39.2 Å². The van der Waals surface area contributed by atoms with Gasteiger partial charge in [0.25, 0.3) is 0 Å². The molecule has 0 amide bonds. The van der Waals surface area contributed by atoms with Gasteiger partial charge in [-0.25, -0.2) is 0 Å². The molecule has 0 aromatic heterocycles.